The van der Waals surface area contributed by atoms with Crippen LogP contribution in [-0.2, 0) is 23.1 Å². The van der Waals surface area contributed by atoms with Crippen molar-refractivity contribution in [3.8, 4) is 0 Å². The van der Waals surface area contributed by atoms with Gasteiger partial charge in [-0.05, 0) is 20.8 Å². The molecule has 0 aliphatic carbocycles. The quantitative estimate of drug-likeness (QED) is 0.364. The van der Waals surface area contributed by atoms with Crippen LogP contribution in [0, 0.1) is 0 Å². The zero-order valence-corrected chi connectivity index (χ0v) is 12.3. The summed E-state index contributed by atoms with van der Waals surface area (Å²) < 4.78 is 47.5. The Morgan fingerprint density at radius 1 is 1.40 bits per heavy atom. The molecule has 1 heterocycles. The molecule has 0 N–H and O–H groups in total. The van der Waals surface area contributed by atoms with Gasteiger partial charge in [-0.25, -0.2) is 13.9 Å². The summed E-state index contributed by atoms with van der Waals surface area (Å²) in [6.45, 7) is 5.64. The van der Waals surface area contributed by atoms with Crippen LogP contribution in [-0.4, -0.2) is 23.4 Å². The number of imidazole rings is 1. The standard InChI is InChI=1S/C10H16ClN2O2.BF4/c1-10(2,3)15-8(14)7-13-6-5-12(4)9(13)11;2-1(3,4)5/h5-6H,7H2,1-4H3;/q+1;-1. The van der Waals surface area contributed by atoms with Crippen LogP contribution in [0.5, 0.6) is 0 Å². The lowest BCUT2D eigenvalue weighted by atomic mass is 10.2. The third kappa shape index (κ3) is 9.65. The first-order valence-corrected chi connectivity index (χ1v) is 5.97. The lowest BCUT2D eigenvalue weighted by Gasteiger charge is -2.18. The fourth-order valence-electron chi connectivity index (χ4n) is 1.14. The third-order valence-corrected chi connectivity index (χ3v) is 2.20. The van der Waals surface area contributed by atoms with Gasteiger partial charge in [0.15, 0.2) is 6.54 Å². The number of hydrogen-bond donors (Lipinski definition) is 0. The SMILES string of the molecule is C[n+]1ccn(CC(=O)OC(C)(C)C)c1Cl.F[B-](F)(F)F. The molecule has 1 aromatic heterocycles. The van der Waals surface area contributed by atoms with Gasteiger partial charge < -0.3 is 22.0 Å². The number of rotatable bonds is 2. The number of carbonyl (C=O) groups excluding carboxylic acids is 1. The molecule has 4 nitrogen and oxygen atoms in total. The maximum absolute atomic E-state index is 11.5. The molecule has 0 aliphatic rings. The molecule has 116 valence electrons. The van der Waals surface area contributed by atoms with Gasteiger partial charge in [0, 0.05) is 11.6 Å². The Labute approximate surface area is 119 Å². The van der Waals surface area contributed by atoms with Crippen LogP contribution in [0.2, 0.25) is 5.28 Å². The maximum Gasteiger partial charge on any atom is 0.673 e. The van der Waals surface area contributed by atoms with Crippen molar-refractivity contribution in [2.75, 3.05) is 0 Å². The van der Waals surface area contributed by atoms with Crippen molar-refractivity contribution in [1.82, 2.24) is 4.57 Å². The van der Waals surface area contributed by atoms with Crippen LogP contribution in [0.4, 0.5) is 17.3 Å². The van der Waals surface area contributed by atoms with Crippen molar-refractivity contribution in [3.05, 3.63) is 17.7 Å². The number of hydrogen-bond acceptors (Lipinski definition) is 2. The predicted molar refractivity (Wildman–Crippen MR) is 66.6 cm³/mol. The topological polar surface area (TPSA) is 35.1 Å². The average Bonchev–Trinajstić information content (AvgIpc) is 2.44. The highest BCUT2D eigenvalue weighted by molar-refractivity contribution is 6.50. The molecular formula is C10H16BClF4N2O2. The molecule has 0 spiro atoms. The molecule has 0 amide bonds. The van der Waals surface area contributed by atoms with E-state index in [0.717, 1.165) is 0 Å². The van der Waals surface area contributed by atoms with Gasteiger partial charge in [-0.1, -0.05) is 0 Å². The second-order valence-corrected chi connectivity index (χ2v) is 5.23. The first-order valence-electron chi connectivity index (χ1n) is 5.59. The number of ether oxygens (including phenoxy) is 1. The van der Waals surface area contributed by atoms with Crippen LogP contribution in [0.3, 0.4) is 0 Å². The number of carbonyl (C=O) groups is 1. The van der Waals surface area contributed by atoms with Gasteiger partial charge in [-0.2, -0.15) is 0 Å². The molecule has 0 aromatic carbocycles. The molecule has 0 aliphatic heterocycles. The molecule has 20 heavy (non-hydrogen) atoms. The smallest absolute Gasteiger partial charge is 0.457 e. The number of nitrogens with zero attached hydrogens (tertiary/aromatic N) is 2. The van der Waals surface area contributed by atoms with E-state index in [1.807, 2.05) is 27.8 Å². The third-order valence-electron chi connectivity index (χ3n) is 1.72. The molecule has 0 fully saturated rings. The molecule has 0 unspecified atom stereocenters. The van der Waals surface area contributed by atoms with E-state index in [0.29, 0.717) is 5.28 Å². The van der Waals surface area contributed by atoms with Crippen LogP contribution >= 0.6 is 11.6 Å². The number of halogens is 5. The van der Waals surface area contributed by atoms with E-state index in [4.69, 9.17) is 16.3 Å². The minimum atomic E-state index is -6.00. The minimum Gasteiger partial charge on any atom is -0.457 e. The summed E-state index contributed by atoms with van der Waals surface area (Å²) in [5, 5.41) is 0.501. The van der Waals surface area contributed by atoms with Gasteiger partial charge in [0.2, 0.25) is 0 Å². The largest absolute Gasteiger partial charge is 0.673 e. The lowest BCUT2D eigenvalue weighted by molar-refractivity contribution is -0.668. The highest BCUT2D eigenvalue weighted by Crippen LogP contribution is 2.09. The molecule has 1 aromatic rings. The van der Waals surface area contributed by atoms with E-state index >= 15 is 0 Å². The fourth-order valence-corrected chi connectivity index (χ4v) is 1.31. The lowest BCUT2D eigenvalue weighted by Crippen LogP contribution is -2.29. The van der Waals surface area contributed by atoms with Crippen molar-refractivity contribution in [3.63, 3.8) is 0 Å². The van der Waals surface area contributed by atoms with Crippen molar-refractivity contribution in [1.29, 1.82) is 0 Å². The molecule has 0 saturated carbocycles. The van der Waals surface area contributed by atoms with Crippen molar-refractivity contribution in [2.24, 2.45) is 7.05 Å². The average molecular weight is 319 g/mol. The molecule has 0 radical (unpaired) electrons. The highest BCUT2D eigenvalue weighted by atomic mass is 35.5. The highest BCUT2D eigenvalue weighted by Gasteiger charge is 2.21. The summed E-state index contributed by atoms with van der Waals surface area (Å²) in [6, 6.07) is 0. The molecule has 10 heteroatoms. The number of aromatic nitrogens is 2. The molecule has 0 bridgehead atoms. The molecular weight excluding hydrogens is 302 g/mol. The van der Waals surface area contributed by atoms with Gasteiger partial charge >= 0.3 is 18.5 Å². The normalized spacial score (nSPS) is 11.7. The second-order valence-electron chi connectivity index (χ2n) is 4.89. The van der Waals surface area contributed by atoms with E-state index in [1.165, 1.54) is 0 Å². The minimum absolute atomic E-state index is 0.136. The summed E-state index contributed by atoms with van der Waals surface area (Å²) in [6.07, 6.45) is 3.53. The van der Waals surface area contributed by atoms with Crippen LogP contribution in [0.15, 0.2) is 12.4 Å². The van der Waals surface area contributed by atoms with E-state index in [9.17, 15) is 22.1 Å². The monoisotopic (exact) mass is 318 g/mol. The first kappa shape index (κ1) is 18.8. The van der Waals surface area contributed by atoms with Crippen molar-refractivity contribution in [2.45, 2.75) is 32.9 Å². The predicted octanol–water partition coefficient (Wildman–Crippen LogP) is 2.61. The zero-order valence-electron chi connectivity index (χ0n) is 11.5. The Hall–Kier alpha value is -1.25. The van der Waals surface area contributed by atoms with Crippen molar-refractivity contribution >= 4 is 24.8 Å². The second kappa shape index (κ2) is 6.96. The van der Waals surface area contributed by atoms with Crippen LogP contribution < -0.4 is 4.57 Å². The Kier molecular flexibility index (Phi) is 6.53. The van der Waals surface area contributed by atoms with E-state index in [2.05, 4.69) is 0 Å². The maximum atomic E-state index is 11.5. The van der Waals surface area contributed by atoms with E-state index in [-0.39, 0.29) is 12.5 Å². The summed E-state index contributed by atoms with van der Waals surface area (Å²) >= 11 is 5.94. The Morgan fingerprint density at radius 2 is 1.85 bits per heavy atom. The molecule has 0 atom stereocenters. The van der Waals surface area contributed by atoms with Crippen LogP contribution in [0.25, 0.3) is 0 Å². The van der Waals surface area contributed by atoms with E-state index < -0.39 is 12.9 Å². The Morgan fingerprint density at radius 3 is 2.15 bits per heavy atom. The molecule has 0 saturated heterocycles. The van der Waals surface area contributed by atoms with Gasteiger partial charge in [-0.3, -0.25) is 0 Å². The van der Waals surface area contributed by atoms with Crippen molar-refractivity contribution < 1.29 is 31.4 Å². The first-order chi connectivity index (χ1) is 8.79. The number of aryl methyl sites for hydroxylation is 1. The zero-order chi connectivity index (χ0) is 16.1. The molecule has 1 rings (SSSR count). The summed E-state index contributed by atoms with van der Waals surface area (Å²) in [5.74, 6) is -0.291. The fraction of sp³-hybridized carbons (Fsp3) is 0.600. The number of esters is 1. The van der Waals surface area contributed by atoms with Gasteiger partial charge in [-0.15, -0.1) is 0 Å². The summed E-state index contributed by atoms with van der Waals surface area (Å²) in [7, 11) is -4.19. The summed E-state index contributed by atoms with van der Waals surface area (Å²) in [4.78, 5) is 11.5. The van der Waals surface area contributed by atoms with E-state index in [1.54, 1.807) is 21.5 Å². The Balaban J connectivity index is 0.000000621. The van der Waals surface area contributed by atoms with Gasteiger partial charge in [0.25, 0.3) is 0 Å². The Bertz CT molecular complexity index is 451. The summed E-state index contributed by atoms with van der Waals surface area (Å²) in [5.41, 5.74) is -0.459. The van der Waals surface area contributed by atoms with Gasteiger partial charge in [0.1, 0.15) is 18.0 Å². The van der Waals surface area contributed by atoms with Gasteiger partial charge in [0.05, 0.1) is 7.05 Å². The van der Waals surface area contributed by atoms with Crippen LogP contribution in [0.1, 0.15) is 20.8 Å².